The van der Waals surface area contributed by atoms with E-state index < -0.39 is 11.6 Å². The van der Waals surface area contributed by atoms with Gasteiger partial charge in [-0.2, -0.15) is 0 Å². The van der Waals surface area contributed by atoms with Crippen LogP contribution in [0.25, 0.3) is 0 Å². The van der Waals surface area contributed by atoms with Gasteiger partial charge in [-0.1, -0.05) is 31.2 Å². The molecule has 0 amide bonds. The fourth-order valence-electron chi connectivity index (χ4n) is 2.37. The van der Waals surface area contributed by atoms with Crippen molar-refractivity contribution in [3.63, 3.8) is 0 Å². The fraction of sp³-hybridized carbons (Fsp3) is 0.467. The molecule has 0 radical (unpaired) electrons. The van der Waals surface area contributed by atoms with E-state index in [1.807, 2.05) is 11.6 Å². The van der Waals surface area contributed by atoms with Crippen molar-refractivity contribution in [2.45, 2.75) is 39.3 Å². The van der Waals surface area contributed by atoms with Gasteiger partial charge in [0.05, 0.1) is 17.9 Å². The van der Waals surface area contributed by atoms with Crippen molar-refractivity contribution >= 4 is 0 Å². The molecule has 1 aromatic carbocycles. The Morgan fingerprint density at radius 2 is 2.10 bits per heavy atom. The molecule has 4 nitrogen and oxygen atoms in total. The van der Waals surface area contributed by atoms with Gasteiger partial charge in [-0.25, -0.2) is 13.5 Å². The first-order chi connectivity index (χ1) is 10.2. The Balaban J connectivity index is 2.26. The standard InChI is InChI=1S/C15H20F2N4/c1-3-8-21-14(10-19-20-21)13(18-4-2)9-11-6-5-7-12(16)15(11)17/h5-7,10,13,18H,3-4,8-9H2,1-2H3. The minimum Gasteiger partial charge on any atom is -0.309 e. The summed E-state index contributed by atoms with van der Waals surface area (Å²) in [6, 6.07) is 4.12. The molecule has 114 valence electrons. The molecule has 1 atom stereocenters. The van der Waals surface area contributed by atoms with E-state index in [0.29, 0.717) is 12.0 Å². The summed E-state index contributed by atoms with van der Waals surface area (Å²) in [7, 11) is 0. The molecule has 0 aliphatic heterocycles. The SMILES string of the molecule is CCCn1nncc1C(Cc1cccc(F)c1F)NCC. The molecule has 0 bridgehead atoms. The molecule has 2 rings (SSSR count). The highest BCUT2D eigenvalue weighted by atomic mass is 19.2. The number of hydrogen-bond donors (Lipinski definition) is 1. The number of halogens is 2. The van der Waals surface area contributed by atoms with Crippen molar-refractivity contribution in [2.24, 2.45) is 0 Å². The fourth-order valence-corrected chi connectivity index (χ4v) is 2.37. The zero-order chi connectivity index (χ0) is 15.2. The first-order valence-electron chi connectivity index (χ1n) is 7.22. The van der Waals surface area contributed by atoms with Crippen LogP contribution < -0.4 is 5.32 Å². The number of aromatic nitrogens is 3. The third-order valence-corrected chi connectivity index (χ3v) is 3.35. The van der Waals surface area contributed by atoms with E-state index in [4.69, 9.17) is 0 Å². The van der Waals surface area contributed by atoms with Crippen molar-refractivity contribution in [3.8, 4) is 0 Å². The predicted octanol–water partition coefficient (Wildman–Crippen LogP) is 2.86. The Labute approximate surface area is 123 Å². The minimum atomic E-state index is -0.817. The van der Waals surface area contributed by atoms with Crippen LogP contribution in [0.2, 0.25) is 0 Å². The highest BCUT2D eigenvalue weighted by Crippen LogP contribution is 2.21. The maximum Gasteiger partial charge on any atom is 0.162 e. The van der Waals surface area contributed by atoms with Crippen LogP contribution in [0.3, 0.4) is 0 Å². The molecule has 0 saturated heterocycles. The Kier molecular flexibility index (Phi) is 5.38. The van der Waals surface area contributed by atoms with Crippen molar-refractivity contribution in [2.75, 3.05) is 6.54 Å². The zero-order valence-corrected chi connectivity index (χ0v) is 12.3. The molecule has 21 heavy (non-hydrogen) atoms. The van der Waals surface area contributed by atoms with Gasteiger partial charge in [-0.15, -0.1) is 5.10 Å². The van der Waals surface area contributed by atoms with Crippen molar-refractivity contribution < 1.29 is 8.78 Å². The van der Waals surface area contributed by atoms with Crippen molar-refractivity contribution in [1.29, 1.82) is 0 Å². The first kappa shape index (κ1) is 15.6. The van der Waals surface area contributed by atoms with Crippen LogP contribution in [-0.4, -0.2) is 21.5 Å². The third-order valence-electron chi connectivity index (χ3n) is 3.35. The second kappa shape index (κ2) is 7.26. The van der Waals surface area contributed by atoms with Gasteiger partial charge < -0.3 is 5.32 Å². The average Bonchev–Trinajstić information content (AvgIpc) is 2.92. The number of nitrogens with one attached hydrogen (secondary N) is 1. The first-order valence-corrected chi connectivity index (χ1v) is 7.22. The normalized spacial score (nSPS) is 12.6. The predicted molar refractivity (Wildman–Crippen MR) is 76.8 cm³/mol. The molecule has 6 heteroatoms. The molecule has 1 unspecified atom stereocenters. The second-order valence-corrected chi connectivity index (χ2v) is 4.91. The van der Waals surface area contributed by atoms with Gasteiger partial charge in [0.2, 0.25) is 0 Å². The molecule has 1 aromatic heterocycles. The van der Waals surface area contributed by atoms with E-state index in [9.17, 15) is 8.78 Å². The van der Waals surface area contributed by atoms with E-state index in [-0.39, 0.29) is 6.04 Å². The zero-order valence-electron chi connectivity index (χ0n) is 12.3. The van der Waals surface area contributed by atoms with Gasteiger partial charge in [0, 0.05) is 6.54 Å². The van der Waals surface area contributed by atoms with Crippen LogP contribution in [-0.2, 0) is 13.0 Å². The molecule has 2 aromatic rings. The number of aryl methyl sites for hydroxylation is 1. The van der Waals surface area contributed by atoms with E-state index in [1.165, 1.54) is 6.07 Å². The molecule has 0 saturated carbocycles. The average molecular weight is 294 g/mol. The van der Waals surface area contributed by atoms with E-state index in [1.54, 1.807) is 12.3 Å². The van der Waals surface area contributed by atoms with Gasteiger partial charge in [-0.3, -0.25) is 0 Å². The minimum absolute atomic E-state index is 0.146. The third kappa shape index (κ3) is 3.64. The Morgan fingerprint density at radius 1 is 1.29 bits per heavy atom. The van der Waals surface area contributed by atoms with Gasteiger partial charge in [-0.05, 0) is 31.0 Å². The highest BCUT2D eigenvalue weighted by Gasteiger charge is 2.19. The molecule has 0 aliphatic carbocycles. The molecule has 0 aliphatic rings. The van der Waals surface area contributed by atoms with Crippen LogP contribution >= 0.6 is 0 Å². The topological polar surface area (TPSA) is 42.7 Å². The van der Waals surface area contributed by atoms with E-state index >= 15 is 0 Å². The second-order valence-electron chi connectivity index (χ2n) is 4.91. The van der Waals surface area contributed by atoms with Gasteiger partial charge in [0.15, 0.2) is 11.6 Å². The highest BCUT2D eigenvalue weighted by molar-refractivity contribution is 5.21. The van der Waals surface area contributed by atoms with Crippen LogP contribution in [0.1, 0.15) is 37.6 Å². The number of rotatable bonds is 7. The Bertz CT molecular complexity index is 583. The molecule has 1 N–H and O–H groups in total. The van der Waals surface area contributed by atoms with Gasteiger partial charge in [0.1, 0.15) is 0 Å². The lowest BCUT2D eigenvalue weighted by atomic mass is 10.0. The van der Waals surface area contributed by atoms with Crippen LogP contribution in [0, 0.1) is 11.6 Å². The summed E-state index contributed by atoms with van der Waals surface area (Å²) < 4.78 is 29.0. The Hall–Kier alpha value is -1.82. The number of hydrogen-bond acceptors (Lipinski definition) is 3. The lowest BCUT2D eigenvalue weighted by molar-refractivity contribution is 0.455. The van der Waals surface area contributed by atoms with Crippen molar-refractivity contribution in [1.82, 2.24) is 20.3 Å². The lowest BCUT2D eigenvalue weighted by Crippen LogP contribution is -2.26. The molecule has 0 spiro atoms. The molecular weight excluding hydrogens is 274 g/mol. The summed E-state index contributed by atoms with van der Waals surface area (Å²) in [6.07, 6.45) is 2.97. The smallest absolute Gasteiger partial charge is 0.162 e. The summed E-state index contributed by atoms with van der Waals surface area (Å²) in [5, 5.41) is 11.3. The van der Waals surface area contributed by atoms with E-state index in [0.717, 1.165) is 31.3 Å². The summed E-state index contributed by atoms with van der Waals surface area (Å²) in [5.41, 5.74) is 1.24. The summed E-state index contributed by atoms with van der Waals surface area (Å²) in [4.78, 5) is 0. The number of nitrogens with zero attached hydrogens (tertiary/aromatic N) is 3. The van der Waals surface area contributed by atoms with Gasteiger partial charge in [0.25, 0.3) is 0 Å². The molecule has 0 fully saturated rings. The summed E-state index contributed by atoms with van der Waals surface area (Å²) in [5.74, 6) is -1.60. The number of likely N-dealkylation sites (N-methyl/N-ethyl adjacent to an activating group) is 1. The maximum absolute atomic E-state index is 13.9. The van der Waals surface area contributed by atoms with Crippen molar-refractivity contribution in [3.05, 3.63) is 47.3 Å². The summed E-state index contributed by atoms with van der Waals surface area (Å²) >= 11 is 0. The van der Waals surface area contributed by atoms with E-state index in [2.05, 4.69) is 22.6 Å². The van der Waals surface area contributed by atoms with Crippen LogP contribution in [0.15, 0.2) is 24.4 Å². The monoisotopic (exact) mass is 294 g/mol. The maximum atomic E-state index is 13.9. The van der Waals surface area contributed by atoms with Crippen LogP contribution in [0.4, 0.5) is 8.78 Å². The van der Waals surface area contributed by atoms with Crippen LogP contribution in [0.5, 0.6) is 0 Å². The molecule has 1 heterocycles. The number of benzene rings is 1. The summed E-state index contributed by atoms with van der Waals surface area (Å²) in [6.45, 7) is 5.50. The largest absolute Gasteiger partial charge is 0.309 e. The molecular formula is C15H20F2N4. The Morgan fingerprint density at radius 3 is 2.81 bits per heavy atom. The lowest BCUT2D eigenvalue weighted by Gasteiger charge is -2.19. The quantitative estimate of drug-likeness (QED) is 0.854. The van der Waals surface area contributed by atoms with Gasteiger partial charge >= 0.3 is 0 Å².